The quantitative estimate of drug-likeness (QED) is 0.174. The van der Waals surface area contributed by atoms with Crippen LogP contribution in [0.3, 0.4) is 0 Å². The maximum atomic E-state index is 16.3. The van der Waals surface area contributed by atoms with Crippen molar-refractivity contribution in [3.63, 3.8) is 0 Å². The highest BCUT2D eigenvalue weighted by Crippen LogP contribution is 2.62. The molecule has 5 heterocycles. The lowest BCUT2D eigenvalue weighted by atomic mass is 9.99. The molecule has 8 bridgehead atoms. The van der Waals surface area contributed by atoms with E-state index in [2.05, 4.69) is 9.97 Å². The van der Waals surface area contributed by atoms with E-state index in [4.69, 9.17) is 46.4 Å². The maximum Gasteiger partial charge on any atom is 0.460 e. The fraction of sp³-hybridized carbons (Fsp3) is 0.375. The fourth-order valence-electron chi connectivity index (χ4n) is 6.13. The molecule has 2 aliphatic rings. The van der Waals surface area contributed by atoms with Crippen molar-refractivity contribution in [1.29, 1.82) is 0 Å². The van der Waals surface area contributed by atoms with Crippen LogP contribution in [0.2, 0.25) is 0 Å². The summed E-state index contributed by atoms with van der Waals surface area (Å²) in [6.07, 6.45) is -30.4. The van der Waals surface area contributed by atoms with Gasteiger partial charge in [0.25, 0.3) is 0 Å². The molecule has 40 heteroatoms. The van der Waals surface area contributed by atoms with Gasteiger partial charge in [-0.15, -0.1) is 0 Å². The standard InChI is InChI=1S/C32H2Cl4F28I4N4/c33-5-6(34)14-2(22(39,40)26(47,48)30(56,57)58)19-11(67)12(68)20(72-19)4(24(43,44)28(51,52)32(62,63)64)16-8(36)7(35)15(70-16)3(23(41,42)27(49,50)31(59,60)61)18-10(66)9(65)17(71-18)1(13(5)69-14)21(37,38)25(45,46)29(53,54)55/h71-72H. The van der Waals surface area contributed by atoms with Crippen molar-refractivity contribution in [1.82, 2.24) is 19.9 Å². The summed E-state index contributed by atoms with van der Waals surface area (Å²) in [5.41, 5.74) is -34.7. The summed E-state index contributed by atoms with van der Waals surface area (Å²) < 4.78 is 411. The first kappa shape index (κ1) is 61.6. The highest BCUT2D eigenvalue weighted by Gasteiger charge is 2.78. The Morgan fingerprint density at radius 1 is 0.278 bits per heavy atom. The van der Waals surface area contributed by atoms with Crippen molar-refractivity contribution < 1.29 is 123 Å². The number of hydrogen-bond acceptors (Lipinski definition) is 2. The summed E-state index contributed by atoms with van der Waals surface area (Å²) in [7, 11) is 0. The topological polar surface area (TPSA) is 57.4 Å². The van der Waals surface area contributed by atoms with Crippen molar-refractivity contribution in [3.8, 4) is 0 Å². The van der Waals surface area contributed by atoms with Crippen LogP contribution < -0.4 is 0 Å². The molecule has 0 saturated heterocycles. The molecule has 0 aromatic carbocycles. The Bertz CT molecular complexity index is 2650. The van der Waals surface area contributed by atoms with Gasteiger partial charge in [0.15, 0.2) is 0 Å². The normalized spacial score (nSPS) is 15.9. The first-order valence-corrected chi connectivity index (χ1v) is 22.5. The number of nitrogens with zero attached hydrogens (tertiary/aromatic N) is 2. The molecular formula is C32H2Cl4F28I4N4. The number of nitrogens with one attached hydrogen (secondary N) is 2. The summed E-state index contributed by atoms with van der Waals surface area (Å²) in [5, 5.41) is -9.43. The molecule has 0 aliphatic carbocycles. The minimum absolute atomic E-state index is 0.404. The van der Waals surface area contributed by atoms with E-state index in [-0.39, 0.29) is 0 Å². The van der Waals surface area contributed by atoms with Crippen LogP contribution in [0.25, 0.3) is 42.2 Å². The molecule has 4 nitrogen and oxygen atoms in total. The van der Waals surface area contributed by atoms with E-state index in [0.29, 0.717) is 90.4 Å². The van der Waals surface area contributed by atoms with Gasteiger partial charge in [0.05, 0.1) is 102 Å². The zero-order valence-electron chi connectivity index (χ0n) is 31.5. The highest BCUT2D eigenvalue weighted by molar-refractivity contribution is 14.1. The van der Waals surface area contributed by atoms with Crippen LogP contribution in [0, 0.1) is 14.3 Å². The highest BCUT2D eigenvalue weighted by atomic mass is 127. The van der Waals surface area contributed by atoms with Crippen molar-refractivity contribution in [2.45, 2.75) is 72.1 Å². The molecule has 0 amide bonds. The van der Waals surface area contributed by atoms with Crippen LogP contribution in [0.4, 0.5) is 123 Å². The minimum atomic E-state index is -7.70. The van der Waals surface area contributed by atoms with E-state index >= 15 is 70.2 Å². The zero-order chi connectivity index (χ0) is 56.4. The lowest BCUT2D eigenvalue weighted by Crippen LogP contribution is -2.50. The SMILES string of the molecule is FC(F)(F)C(F)(F)C(F)(F)c1c2nc(c(C(F)(F)C(F)(F)C(F)(F)F)c3[nH]c(c(I)c3I)c(C(F)(F)C(F)(F)C(F)(F)F)c3nc(c(C(F)(F)C(F)(F)C(F)(F)F)c4[nH]c1c(I)c4I)C(Cl)=C3Cl)C(Cl)=C2Cl. The molecule has 402 valence electrons. The van der Waals surface area contributed by atoms with Gasteiger partial charge in [0, 0.05) is 0 Å². The van der Waals surface area contributed by atoms with E-state index in [0.717, 1.165) is 9.97 Å². The Labute approximate surface area is 449 Å². The largest absolute Gasteiger partial charge is 0.460 e. The molecule has 72 heavy (non-hydrogen) atoms. The molecule has 0 spiro atoms. The van der Waals surface area contributed by atoms with E-state index in [1.807, 2.05) is 0 Å². The number of alkyl halides is 28. The third-order valence-corrected chi connectivity index (χ3v) is 17.7. The van der Waals surface area contributed by atoms with E-state index in [9.17, 15) is 52.7 Å². The first-order valence-electron chi connectivity index (χ1n) is 16.7. The summed E-state index contributed by atoms with van der Waals surface area (Å²) >= 11 is 24.8. The predicted molar refractivity (Wildman–Crippen MR) is 228 cm³/mol. The number of halogens is 36. The fourth-order valence-corrected chi connectivity index (χ4v) is 9.73. The van der Waals surface area contributed by atoms with Gasteiger partial charge in [-0.05, 0) is 90.4 Å². The van der Waals surface area contributed by atoms with Crippen LogP contribution in [0.5, 0.6) is 0 Å². The molecule has 3 aromatic heterocycles. The van der Waals surface area contributed by atoms with Crippen molar-refractivity contribution >= 4 is 179 Å². The lowest BCUT2D eigenvalue weighted by molar-refractivity contribution is -0.359. The molecule has 0 saturated carbocycles. The molecule has 2 N–H and O–H groups in total. The number of hydrogen-bond donors (Lipinski definition) is 2. The van der Waals surface area contributed by atoms with Crippen molar-refractivity contribution in [2.75, 3.05) is 0 Å². The molecule has 3 aromatic rings. The molecule has 0 fully saturated rings. The summed E-state index contributed by atoms with van der Waals surface area (Å²) in [5.74, 6) is -59.9. The van der Waals surface area contributed by atoms with Gasteiger partial charge in [0.2, 0.25) is 0 Å². The number of fused-ring (bicyclic) bond motifs is 8. The van der Waals surface area contributed by atoms with Crippen LogP contribution >= 0.6 is 137 Å². The van der Waals surface area contributed by atoms with E-state index < -0.39 is 174 Å². The van der Waals surface area contributed by atoms with E-state index in [1.165, 1.54) is 0 Å². The van der Waals surface area contributed by atoms with Crippen molar-refractivity contribution in [3.05, 3.63) is 59.3 Å². The van der Waals surface area contributed by atoms with Gasteiger partial charge in [-0.2, -0.15) is 123 Å². The molecular weight excluding hydrogens is 1620 g/mol. The Kier molecular flexibility index (Phi) is 15.5. The van der Waals surface area contributed by atoms with Crippen LogP contribution in [-0.2, 0) is 23.7 Å². The molecule has 0 atom stereocenters. The maximum absolute atomic E-state index is 16.3. The van der Waals surface area contributed by atoms with Gasteiger partial charge in [0.1, 0.15) is 0 Å². The Morgan fingerprint density at radius 3 is 0.542 bits per heavy atom. The van der Waals surface area contributed by atoms with Gasteiger partial charge >= 0.3 is 72.1 Å². The van der Waals surface area contributed by atoms with Crippen LogP contribution in [-0.4, -0.2) is 68.3 Å². The lowest BCUT2D eigenvalue weighted by Gasteiger charge is -2.29. The summed E-state index contributed by atoms with van der Waals surface area (Å²) in [4.78, 5) is 7.36. The third kappa shape index (κ3) is 8.66. The summed E-state index contributed by atoms with van der Waals surface area (Å²) in [6.45, 7) is 0. The second-order valence-electron chi connectivity index (χ2n) is 14.0. The molecule has 0 unspecified atom stereocenters. The number of rotatable bonds is 8. The number of aromatic nitrogens is 4. The van der Waals surface area contributed by atoms with Gasteiger partial charge < -0.3 is 9.97 Å². The average molecular weight is 1620 g/mol. The van der Waals surface area contributed by atoms with Gasteiger partial charge in [-0.25, -0.2) is 9.97 Å². The van der Waals surface area contributed by atoms with Crippen LogP contribution in [0.1, 0.15) is 45.0 Å². The van der Waals surface area contributed by atoms with Gasteiger partial charge in [-0.3, -0.25) is 0 Å². The molecule has 0 radical (unpaired) electrons. The second kappa shape index (κ2) is 18.1. The zero-order valence-corrected chi connectivity index (χ0v) is 43.2. The van der Waals surface area contributed by atoms with E-state index in [1.54, 1.807) is 0 Å². The monoisotopic (exact) mass is 1620 g/mol. The second-order valence-corrected chi connectivity index (χ2v) is 19.8. The molecule has 5 rings (SSSR count). The number of aromatic amines is 2. The smallest absolute Gasteiger partial charge is 0.353 e. The number of H-pyrrole nitrogens is 2. The summed E-state index contributed by atoms with van der Waals surface area (Å²) in [6, 6.07) is 0. The van der Waals surface area contributed by atoms with Gasteiger partial charge in [-0.1, -0.05) is 46.4 Å². The Hall–Kier alpha value is -1.28. The van der Waals surface area contributed by atoms with Crippen LogP contribution in [0.15, 0.2) is 0 Å². The van der Waals surface area contributed by atoms with Crippen molar-refractivity contribution in [2.24, 2.45) is 0 Å². The third-order valence-electron chi connectivity index (χ3n) is 9.63. The Balaban J connectivity index is 2.49. The first-order chi connectivity index (χ1) is 31.7. The minimum Gasteiger partial charge on any atom is -0.353 e. The average Bonchev–Trinajstić information content (AvgIpc) is 3.84. The predicted octanol–water partition coefficient (Wildman–Crippen LogP) is 18.5. The Morgan fingerprint density at radius 2 is 0.417 bits per heavy atom. The molecule has 2 aliphatic heterocycles.